The third kappa shape index (κ3) is 3.05. The zero-order valence-electron chi connectivity index (χ0n) is 11.1. The second kappa shape index (κ2) is 6.23. The van der Waals surface area contributed by atoms with Crippen molar-refractivity contribution < 1.29 is 4.74 Å². The summed E-state index contributed by atoms with van der Waals surface area (Å²) >= 11 is 1.98. The van der Waals surface area contributed by atoms with E-state index in [0.29, 0.717) is 11.7 Å². The Kier molecular flexibility index (Phi) is 4.64. The minimum atomic E-state index is 0.533. The number of rotatable bonds is 4. The molecule has 18 heavy (non-hydrogen) atoms. The molecule has 3 nitrogen and oxygen atoms in total. The van der Waals surface area contributed by atoms with Gasteiger partial charge in [0.05, 0.1) is 18.5 Å². The number of nitrogen functional groups attached to an aromatic ring is 1. The Morgan fingerprint density at radius 3 is 2.94 bits per heavy atom. The second-order valence-corrected chi connectivity index (χ2v) is 5.93. The Labute approximate surface area is 113 Å². The molecule has 2 atom stereocenters. The topological polar surface area (TPSA) is 47.3 Å². The molecule has 0 radical (unpaired) electrons. The predicted octanol–water partition coefficient (Wildman–Crippen LogP) is 3.36. The van der Waals surface area contributed by atoms with Crippen molar-refractivity contribution in [3.8, 4) is 5.75 Å². The average Bonchev–Trinajstić information content (AvgIpc) is 2.41. The summed E-state index contributed by atoms with van der Waals surface area (Å²) in [6, 6.07) is 6.43. The number of anilines is 2. The lowest BCUT2D eigenvalue weighted by Crippen LogP contribution is -2.28. The normalized spacial score (nSPS) is 23.7. The van der Waals surface area contributed by atoms with E-state index in [2.05, 4.69) is 11.6 Å². The zero-order chi connectivity index (χ0) is 13.0. The Morgan fingerprint density at radius 2 is 2.22 bits per heavy atom. The van der Waals surface area contributed by atoms with Crippen LogP contribution in [-0.2, 0) is 0 Å². The van der Waals surface area contributed by atoms with Crippen LogP contribution in [0.2, 0.25) is 0 Å². The van der Waals surface area contributed by atoms with Gasteiger partial charge in [-0.15, -0.1) is 0 Å². The number of benzene rings is 1. The summed E-state index contributed by atoms with van der Waals surface area (Å²) in [6.07, 6.45) is 7.29. The Bertz CT molecular complexity index is 397. The molecule has 0 aliphatic heterocycles. The first-order valence-electron chi connectivity index (χ1n) is 6.46. The van der Waals surface area contributed by atoms with E-state index in [1.807, 2.05) is 30.0 Å². The number of nitrogens with two attached hydrogens (primary N) is 1. The number of nitrogens with one attached hydrogen (secondary N) is 1. The van der Waals surface area contributed by atoms with Crippen molar-refractivity contribution in [3.05, 3.63) is 18.2 Å². The van der Waals surface area contributed by atoms with Crippen LogP contribution < -0.4 is 15.8 Å². The van der Waals surface area contributed by atoms with Gasteiger partial charge in [0.25, 0.3) is 0 Å². The van der Waals surface area contributed by atoms with E-state index in [1.165, 1.54) is 25.7 Å². The minimum Gasteiger partial charge on any atom is -0.495 e. The van der Waals surface area contributed by atoms with Gasteiger partial charge in [-0.05, 0) is 37.7 Å². The zero-order valence-corrected chi connectivity index (χ0v) is 11.9. The molecule has 0 saturated heterocycles. The second-order valence-electron chi connectivity index (χ2n) is 4.79. The summed E-state index contributed by atoms with van der Waals surface area (Å²) in [5.41, 5.74) is 7.80. The van der Waals surface area contributed by atoms with E-state index >= 15 is 0 Å². The maximum atomic E-state index is 6.09. The van der Waals surface area contributed by atoms with Gasteiger partial charge in [0.1, 0.15) is 5.75 Å². The lowest BCUT2D eigenvalue weighted by Gasteiger charge is -2.30. The highest BCUT2D eigenvalue weighted by molar-refractivity contribution is 7.99. The van der Waals surface area contributed by atoms with Gasteiger partial charge in [-0.1, -0.05) is 12.5 Å². The van der Waals surface area contributed by atoms with Crippen LogP contribution in [0.25, 0.3) is 0 Å². The number of thioether (sulfide) groups is 1. The Morgan fingerprint density at radius 1 is 1.39 bits per heavy atom. The molecule has 0 spiro atoms. The van der Waals surface area contributed by atoms with Crippen molar-refractivity contribution >= 4 is 23.1 Å². The van der Waals surface area contributed by atoms with Crippen LogP contribution in [0.5, 0.6) is 5.75 Å². The first-order valence-corrected chi connectivity index (χ1v) is 7.75. The third-order valence-electron chi connectivity index (χ3n) is 3.61. The summed E-state index contributed by atoms with van der Waals surface area (Å²) in [4.78, 5) is 0. The molecular formula is C14H22N2OS. The Balaban J connectivity index is 2.04. The number of hydrogen-bond donors (Lipinski definition) is 2. The SMILES string of the molecule is COc1cccc(NC2CCCC(SC)C2)c1N. The molecule has 3 N–H and O–H groups in total. The smallest absolute Gasteiger partial charge is 0.143 e. The van der Waals surface area contributed by atoms with Crippen molar-refractivity contribution in [2.24, 2.45) is 0 Å². The predicted molar refractivity (Wildman–Crippen MR) is 80.6 cm³/mol. The molecular weight excluding hydrogens is 244 g/mol. The maximum Gasteiger partial charge on any atom is 0.143 e. The number of hydrogen-bond acceptors (Lipinski definition) is 4. The summed E-state index contributed by atoms with van der Waals surface area (Å²) in [6.45, 7) is 0. The van der Waals surface area contributed by atoms with Crippen LogP contribution in [0.3, 0.4) is 0 Å². The highest BCUT2D eigenvalue weighted by Gasteiger charge is 2.21. The highest BCUT2D eigenvalue weighted by Crippen LogP contribution is 2.33. The highest BCUT2D eigenvalue weighted by atomic mass is 32.2. The first kappa shape index (κ1) is 13.4. The number of methoxy groups -OCH3 is 1. The molecule has 100 valence electrons. The maximum absolute atomic E-state index is 6.09. The monoisotopic (exact) mass is 266 g/mol. The van der Waals surface area contributed by atoms with Crippen LogP contribution in [0, 0.1) is 0 Å². The van der Waals surface area contributed by atoms with Crippen molar-refractivity contribution in [2.45, 2.75) is 37.0 Å². The molecule has 1 aromatic rings. The van der Waals surface area contributed by atoms with Crippen molar-refractivity contribution in [2.75, 3.05) is 24.4 Å². The molecule has 4 heteroatoms. The van der Waals surface area contributed by atoms with E-state index in [4.69, 9.17) is 10.5 Å². The van der Waals surface area contributed by atoms with Gasteiger partial charge >= 0.3 is 0 Å². The van der Waals surface area contributed by atoms with Gasteiger partial charge in [0.2, 0.25) is 0 Å². The van der Waals surface area contributed by atoms with Gasteiger partial charge in [-0.2, -0.15) is 11.8 Å². The van der Waals surface area contributed by atoms with Gasteiger partial charge in [0, 0.05) is 11.3 Å². The van der Waals surface area contributed by atoms with Crippen molar-refractivity contribution in [3.63, 3.8) is 0 Å². The van der Waals surface area contributed by atoms with Crippen LogP contribution in [0.1, 0.15) is 25.7 Å². The standard InChI is InChI=1S/C14H22N2OS/c1-17-13-8-4-7-12(14(13)15)16-10-5-3-6-11(9-10)18-2/h4,7-8,10-11,16H,3,5-6,9,15H2,1-2H3. The minimum absolute atomic E-state index is 0.533. The van der Waals surface area contributed by atoms with Gasteiger partial charge in [-0.25, -0.2) is 0 Å². The van der Waals surface area contributed by atoms with Crippen LogP contribution in [0.4, 0.5) is 11.4 Å². The van der Waals surface area contributed by atoms with Gasteiger partial charge in [-0.3, -0.25) is 0 Å². The fraction of sp³-hybridized carbons (Fsp3) is 0.571. The van der Waals surface area contributed by atoms with Gasteiger partial charge in [0.15, 0.2) is 0 Å². The summed E-state index contributed by atoms with van der Waals surface area (Å²) in [5.74, 6) is 0.747. The third-order valence-corrected chi connectivity index (χ3v) is 4.70. The Hall–Kier alpha value is -1.03. The van der Waals surface area contributed by atoms with E-state index in [0.717, 1.165) is 16.7 Å². The molecule has 2 unspecified atom stereocenters. The van der Waals surface area contributed by atoms with Crippen molar-refractivity contribution in [1.29, 1.82) is 0 Å². The molecule has 0 heterocycles. The molecule has 1 aliphatic carbocycles. The molecule has 0 bridgehead atoms. The van der Waals surface area contributed by atoms with E-state index in [9.17, 15) is 0 Å². The molecule has 1 fully saturated rings. The molecule has 0 amide bonds. The van der Waals surface area contributed by atoms with Crippen LogP contribution in [-0.4, -0.2) is 24.7 Å². The molecule has 1 saturated carbocycles. The molecule has 2 rings (SSSR count). The quantitative estimate of drug-likeness (QED) is 0.820. The average molecular weight is 266 g/mol. The number of para-hydroxylation sites is 1. The lowest BCUT2D eigenvalue weighted by molar-refractivity contribution is 0.417. The molecule has 0 aromatic heterocycles. The first-order chi connectivity index (χ1) is 8.74. The van der Waals surface area contributed by atoms with E-state index < -0.39 is 0 Å². The summed E-state index contributed by atoms with van der Waals surface area (Å²) < 4.78 is 5.25. The largest absolute Gasteiger partial charge is 0.495 e. The number of ether oxygens (including phenoxy) is 1. The summed E-state index contributed by atoms with van der Waals surface area (Å²) in [5, 5.41) is 4.35. The summed E-state index contributed by atoms with van der Waals surface area (Å²) in [7, 11) is 1.65. The van der Waals surface area contributed by atoms with E-state index in [-0.39, 0.29) is 0 Å². The lowest BCUT2D eigenvalue weighted by atomic mass is 9.94. The van der Waals surface area contributed by atoms with Crippen molar-refractivity contribution in [1.82, 2.24) is 0 Å². The van der Waals surface area contributed by atoms with E-state index in [1.54, 1.807) is 7.11 Å². The molecule has 1 aromatic carbocycles. The fourth-order valence-electron chi connectivity index (χ4n) is 2.56. The molecule has 1 aliphatic rings. The fourth-order valence-corrected chi connectivity index (χ4v) is 3.39. The van der Waals surface area contributed by atoms with Gasteiger partial charge < -0.3 is 15.8 Å². The van der Waals surface area contributed by atoms with Crippen LogP contribution in [0.15, 0.2) is 18.2 Å². The van der Waals surface area contributed by atoms with Crippen LogP contribution >= 0.6 is 11.8 Å².